The molecular formula is C10H19ClN4O2S. The molecule has 1 rings (SSSR count). The Morgan fingerprint density at radius 1 is 1.56 bits per heavy atom. The molecule has 0 saturated heterocycles. The Morgan fingerprint density at radius 2 is 2.17 bits per heavy atom. The second kappa shape index (κ2) is 6.01. The zero-order valence-electron chi connectivity index (χ0n) is 10.7. The molecule has 0 amide bonds. The van der Waals surface area contributed by atoms with Crippen LogP contribution in [0.1, 0.15) is 20.3 Å². The van der Waals surface area contributed by atoms with E-state index in [2.05, 4.69) is 9.82 Å². The van der Waals surface area contributed by atoms with Gasteiger partial charge in [-0.15, -0.1) is 0 Å². The lowest BCUT2D eigenvalue weighted by Gasteiger charge is -2.18. The molecule has 0 bridgehead atoms. The minimum atomic E-state index is -3.70. The number of hydrogen-bond acceptors (Lipinski definition) is 4. The van der Waals surface area contributed by atoms with E-state index in [9.17, 15) is 8.42 Å². The number of aromatic nitrogens is 2. The molecule has 8 heteroatoms. The average molecular weight is 295 g/mol. The lowest BCUT2D eigenvalue weighted by molar-refractivity contribution is 0.462. The van der Waals surface area contributed by atoms with E-state index >= 15 is 0 Å². The van der Waals surface area contributed by atoms with Crippen molar-refractivity contribution in [3.05, 3.63) is 11.2 Å². The van der Waals surface area contributed by atoms with Crippen molar-refractivity contribution in [3.63, 3.8) is 0 Å². The summed E-state index contributed by atoms with van der Waals surface area (Å²) < 4.78 is 28.1. The van der Waals surface area contributed by atoms with Gasteiger partial charge < -0.3 is 5.73 Å². The first-order chi connectivity index (χ1) is 8.27. The summed E-state index contributed by atoms with van der Waals surface area (Å²) in [4.78, 5) is 0. The fourth-order valence-corrected chi connectivity index (χ4v) is 3.66. The molecule has 0 aliphatic carbocycles. The molecule has 6 nitrogen and oxygen atoms in total. The molecule has 1 aromatic rings. The molecule has 3 N–H and O–H groups in total. The first kappa shape index (κ1) is 15.4. The third-order valence-corrected chi connectivity index (χ3v) is 4.48. The van der Waals surface area contributed by atoms with E-state index < -0.39 is 10.0 Å². The second-order valence-corrected chi connectivity index (χ2v) is 6.64. The SMILES string of the molecule is CC(C)CC(CN)NS(=O)(=O)c1c(Cl)cnn1C. The quantitative estimate of drug-likeness (QED) is 0.809. The summed E-state index contributed by atoms with van der Waals surface area (Å²) in [6.45, 7) is 4.26. The molecule has 1 heterocycles. The summed E-state index contributed by atoms with van der Waals surface area (Å²) in [7, 11) is -2.17. The molecule has 0 aliphatic rings. The van der Waals surface area contributed by atoms with Crippen LogP contribution in [0.3, 0.4) is 0 Å². The molecule has 1 atom stereocenters. The zero-order chi connectivity index (χ0) is 13.9. The second-order valence-electron chi connectivity index (χ2n) is 4.60. The van der Waals surface area contributed by atoms with Crippen molar-refractivity contribution in [1.29, 1.82) is 0 Å². The first-order valence-electron chi connectivity index (χ1n) is 5.67. The van der Waals surface area contributed by atoms with Crippen LogP contribution in [-0.4, -0.2) is 30.8 Å². The number of nitrogens with two attached hydrogens (primary N) is 1. The Kier molecular flexibility index (Phi) is 5.15. The fraction of sp³-hybridized carbons (Fsp3) is 0.700. The molecule has 0 fully saturated rings. The van der Waals surface area contributed by atoms with Gasteiger partial charge >= 0.3 is 0 Å². The Bertz CT molecular complexity index is 478. The van der Waals surface area contributed by atoms with Gasteiger partial charge in [-0.1, -0.05) is 25.4 Å². The van der Waals surface area contributed by atoms with Gasteiger partial charge in [0.15, 0.2) is 5.03 Å². The standard InChI is InChI=1S/C10H19ClN4O2S/c1-7(2)4-8(5-12)14-18(16,17)10-9(11)6-13-15(10)3/h6-8,14H,4-5,12H2,1-3H3. The van der Waals surface area contributed by atoms with Gasteiger partial charge in [0.25, 0.3) is 10.0 Å². The highest BCUT2D eigenvalue weighted by molar-refractivity contribution is 7.89. The van der Waals surface area contributed by atoms with E-state index in [4.69, 9.17) is 17.3 Å². The maximum absolute atomic E-state index is 12.2. The van der Waals surface area contributed by atoms with Gasteiger partial charge in [0.2, 0.25) is 0 Å². The molecule has 0 aliphatic heterocycles. The van der Waals surface area contributed by atoms with E-state index in [1.54, 1.807) is 0 Å². The van der Waals surface area contributed by atoms with E-state index in [-0.39, 0.29) is 22.6 Å². The smallest absolute Gasteiger partial charge is 0.259 e. The van der Waals surface area contributed by atoms with Gasteiger partial charge in [0.05, 0.1) is 11.2 Å². The highest BCUT2D eigenvalue weighted by atomic mass is 35.5. The minimum Gasteiger partial charge on any atom is -0.329 e. The van der Waals surface area contributed by atoms with Crippen molar-refractivity contribution in [3.8, 4) is 0 Å². The Morgan fingerprint density at radius 3 is 2.56 bits per heavy atom. The molecule has 1 unspecified atom stereocenters. The summed E-state index contributed by atoms with van der Waals surface area (Å²) in [6.07, 6.45) is 1.97. The van der Waals surface area contributed by atoms with Gasteiger partial charge in [-0.3, -0.25) is 4.68 Å². The Labute approximate surface area is 113 Å². The third-order valence-electron chi connectivity index (χ3n) is 2.46. The van der Waals surface area contributed by atoms with Crippen molar-refractivity contribution >= 4 is 21.6 Å². The number of sulfonamides is 1. The topological polar surface area (TPSA) is 90.0 Å². The van der Waals surface area contributed by atoms with E-state index in [1.165, 1.54) is 17.9 Å². The predicted octanol–water partition coefficient (Wildman–Crippen LogP) is 0.725. The Balaban J connectivity index is 2.94. The molecule has 0 spiro atoms. The molecule has 1 aromatic heterocycles. The van der Waals surface area contributed by atoms with Gasteiger partial charge in [-0.25, -0.2) is 13.1 Å². The van der Waals surface area contributed by atoms with Gasteiger partial charge in [0.1, 0.15) is 0 Å². The van der Waals surface area contributed by atoms with Crippen LogP contribution in [0.5, 0.6) is 0 Å². The van der Waals surface area contributed by atoms with Gasteiger partial charge in [-0.05, 0) is 12.3 Å². The van der Waals surface area contributed by atoms with Gasteiger partial charge in [-0.2, -0.15) is 5.10 Å². The lowest BCUT2D eigenvalue weighted by atomic mass is 10.1. The highest BCUT2D eigenvalue weighted by Gasteiger charge is 2.25. The molecular weight excluding hydrogens is 276 g/mol. The summed E-state index contributed by atoms with van der Waals surface area (Å²) >= 11 is 5.83. The van der Waals surface area contributed by atoms with Crippen LogP contribution in [0.4, 0.5) is 0 Å². The van der Waals surface area contributed by atoms with Crippen LogP contribution >= 0.6 is 11.6 Å². The van der Waals surface area contributed by atoms with Crippen LogP contribution < -0.4 is 10.5 Å². The highest BCUT2D eigenvalue weighted by Crippen LogP contribution is 2.20. The zero-order valence-corrected chi connectivity index (χ0v) is 12.3. The number of rotatable bonds is 6. The Hall–Kier alpha value is -0.630. The number of aryl methyl sites for hydroxylation is 1. The molecule has 0 aromatic carbocycles. The third kappa shape index (κ3) is 3.68. The van der Waals surface area contributed by atoms with Crippen LogP contribution in [0.15, 0.2) is 11.2 Å². The van der Waals surface area contributed by atoms with E-state index in [0.717, 1.165) is 0 Å². The van der Waals surface area contributed by atoms with Crippen LogP contribution in [-0.2, 0) is 17.1 Å². The maximum Gasteiger partial charge on any atom is 0.259 e. The molecule has 104 valence electrons. The monoisotopic (exact) mass is 294 g/mol. The molecule has 0 radical (unpaired) electrons. The van der Waals surface area contributed by atoms with Crippen molar-refractivity contribution in [2.24, 2.45) is 18.7 Å². The first-order valence-corrected chi connectivity index (χ1v) is 7.54. The van der Waals surface area contributed by atoms with E-state index in [0.29, 0.717) is 12.3 Å². The average Bonchev–Trinajstić information content (AvgIpc) is 2.56. The fourth-order valence-electron chi connectivity index (χ4n) is 1.74. The molecule has 18 heavy (non-hydrogen) atoms. The van der Waals surface area contributed by atoms with Gasteiger partial charge in [0, 0.05) is 19.6 Å². The number of nitrogens with one attached hydrogen (secondary N) is 1. The minimum absolute atomic E-state index is 0.0358. The number of hydrogen-bond donors (Lipinski definition) is 2. The summed E-state index contributed by atoms with van der Waals surface area (Å²) in [5.74, 6) is 0.350. The molecule has 0 saturated carbocycles. The lowest BCUT2D eigenvalue weighted by Crippen LogP contribution is -2.41. The normalized spacial score (nSPS) is 14.1. The number of halogens is 1. The maximum atomic E-state index is 12.2. The van der Waals surface area contributed by atoms with Crippen molar-refractivity contribution in [2.75, 3.05) is 6.54 Å². The summed E-state index contributed by atoms with van der Waals surface area (Å²) in [5, 5.41) is 3.88. The summed E-state index contributed by atoms with van der Waals surface area (Å²) in [6, 6.07) is -0.305. The van der Waals surface area contributed by atoms with Crippen LogP contribution in [0, 0.1) is 5.92 Å². The van der Waals surface area contributed by atoms with Crippen LogP contribution in [0.25, 0.3) is 0 Å². The van der Waals surface area contributed by atoms with Crippen molar-refractivity contribution < 1.29 is 8.42 Å². The van der Waals surface area contributed by atoms with E-state index in [1.807, 2.05) is 13.8 Å². The van der Waals surface area contributed by atoms with Crippen LogP contribution in [0.2, 0.25) is 5.02 Å². The number of nitrogens with zero attached hydrogens (tertiary/aromatic N) is 2. The van der Waals surface area contributed by atoms with Crippen molar-refractivity contribution in [2.45, 2.75) is 31.3 Å². The summed E-state index contributed by atoms with van der Waals surface area (Å²) in [5.41, 5.74) is 5.58. The predicted molar refractivity (Wildman–Crippen MR) is 70.8 cm³/mol. The van der Waals surface area contributed by atoms with Crippen molar-refractivity contribution in [1.82, 2.24) is 14.5 Å². The largest absolute Gasteiger partial charge is 0.329 e.